The molecule has 1 atom stereocenters. The monoisotopic (exact) mass is 252 g/mol. The minimum Gasteiger partial charge on any atom is -0.384 e. The van der Waals surface area contributed by atoms with Crippen molar-refractivity contribution in [2.45, 2.75) is 12.5 Å². The third-order valence-corrected chi connectivity index (χ3v) is 2.61. The van der Waals surface area contributed by atoms with E-state index in [4.69, 9.17) is 10.5 Å². The number of hydrogen-bond acceptors (Lipinski definition) is 6. The second-order valence-electron chi connectivity index (χ2n) is 3.92. The number of nitrogens with two attached hydrogens (primary N) is 1. The van der Waals surface area contributed by atoms with Crippen LogP contribution in [-0.4, -0.2) is 35.1 Å². The van der Waals surface area contributed by atoms with Gasteiger partial charge in [-0.3, -0.25) is 14.9 Å². The SMILES string of the molecule is Nc1cc(C(=O)NC2CCOC2)c([N+](=O)[O-])cn1. The predicted octanol–water partition coefficient (Wildman–Crippen LogP) is 0.0907. The predicted molar refractivity (Wildman–Crippen MR) is 62.0 cm³/mol. The van der Waals surface area contributed by atoms with Crippen molar-refractivity contribution in [3.63, 3.8) is 0 Å². The molecule has 1 amide bonds. The van der Waals surface area contributed by atoms with Crippen molar-refractivity contribution in [2.75, 3.05) is 18.9 Å². The summed E-state index contributed by atoms with van der Waals surface area (Å²) < 4.78 is 5.11. The maximum Gasteiger partial charge on any atom is 0.300 e. The van der Waals surface area contributed by atoms with Crippen molar-refractivity contribution in [1.82, 2.24) is 10.3 Å². The van der Waals surface area contributed by atoms with Crippen LogP contribution in [0.2, 0.25) is 0 Å². The lowest BCUT2D eigenvalue weighted by Gasteiger charge is -2.10. The highest BCUT2D eigenvalue weighted by Gasteiger charge is 2.24. The minimum atomic E-state index is -0.660. The van der Waals surface area contributed by atoms with Gasteiger partial charge in [0.25, 0.3) is 11.6 Å². The quantitative estimate of drug-likeness (QED) is 0.581. The van der Waals surface area contributed by atoms with Crippen LogP contribution >= 0.6 is 0 Å². The number of pyridine rings is 1. The van der Waals surface area contributed by atoms with Crippen molar-refractivity contribution in [3.05, 3.63) is 27.9 Å². The Morgan fingerprint density at radius 2 is 2.44 bits per heavy atom. The fourth-order valence-electron chi connectivity index (χ4n) is 1.70. The highest BCUT2D eigenvalue weighted by molar-refractivity contribution is 5.98. The van der Waals surface area contributed by atoms with E-state index in [1.807, 2.05) is 0 Å². The van der Waals surface area contributed by atoms with E-state index in [2.05, 4.69) is 10.3 Å². The van der Waals surface area contributed by atoms with Crippen LogP contribution in [0.4, 0.5) is 11.5 Å². The Hall–Kier alpha value is -2.22. The standard InChI is InChI=1S/C10H12N4O4/c11-9-3-7(8(4-12-9)14(16)17)10(15)13-6-1-2-18-5-6/h3-4,6H,1-2,5H2,(H2,11,12)(H,13,15). The molecule has 0 spiro atoms. The summed E-state index contributed by atoms with van der Waals surface area (Å²) in [7, 11) is 0. The van der Waals surface area contributed by atoms with E-state index in [1.54, 1.807) is 0 Å². The number of anilines is 1. The number of carbonyl (C=O) groups excluding carboxylic acids is 1. The first-order valence-corrected chi connectivity index (χ1v) is 5.36. The lowest BCUT2D eigenvalue weighted by atomic mass is 10.2. The van der Waals surface area contributed by atoms with E-state index in [0.717, 1.165) is 6.20 Å². The molecule has 1 aromatic rings. The van der Waals surface area contributed by atoms with Crippen LogP contribution in [0.3, 0.4) is 0 Å². The molecule has 1 unspecified atom stereocenters. The van der Waals surface area contributed by atoms with Gasteiger partial charge in [-0.1, -0.05) is 0 Å². The molecule has 18 heavy (non-hydrogen) atoms. The van der Waals surface area contributed by atoms with Crippen LogP contribution in [-0.2, 0) is 4.74 Å². The molecule has 1 aromatic heterocycles. The van der Waals surface area contributed by atoms with Crippen LogP contribution in [0.1, 0.15) is 16.8 Å². The van der Waals surface area contributed by atoms with Gasteiger partial charge < -0.3 is 15.8 Å². The molecule has 8 heteroatoms. The topological polar surface area (TPSA) is 120 Å². The summed E-state index contributed by atoms with van der Waals surface area (Å²) in [4.78, 5) is 25.7. The van der Waals surface area contributed by atoms with Crippen LogP contribution in [0.5, 0.6) is 0 Å². The Bertz CT molecular complexity index is 485. The average Bonchev–Trinajstić information content (AvgIpc) is 2.81. The number of amides is 1. The summed E-state index contributed by atoms with van der Waals surface area (Å²) in [6.07, 6.45) is 1.68. The fraction of sp³-hybridized carbons (Fsp3) is 0.400. The fourth-order valence-corrected chi connectivity index (χ4v) is 1.70. The molecule has 8 nitrogen and oxygen atoms in total. The smallest absolute Gasteiger partial charge is 0.300 e. The number of nitrogens with one attached hydrogen (secondary N) is 1. The van der Waals surface area contributed by atoms with E-state index in [-0.39, 0.29) is 23.1 Å². The normalized spacial score (nSPS) is 18.6. The second kappa shape index (κ2) is 4.96. The Morgan fingerprint density at radius 3 is 3.06 bits per heavy atom. The molecule has 3 N–H and O–H groups in total. The number of rotatable bonds is 3. The van der Waals surface area contributed by atoms with Gasteiger partial charge in [0.05, 0.1) is 17.6 Å². The van der Waals surface area contributed by atoms with Crippen LogP contribution in [0.25, 0.3) is 0 Å². The average molecular weight is 252 g/mol. The molecular formula is C10H12N4O4. The van der Waals surface area contributed by atoms with E-state index >= 15 is 0 Å². The Labute approximate surface area is 102 Å². The molecule has 2 heterocycles. The van der Waals surface area contributed by atoms with Gasteiger partial charge in [-0.2, -0.15) is 0 Å². The molecule has 1 aliphatic heterocycles. The molecule has 0 aliphatic carbocycles. The lowest BCUT2D eigenvalue weighted by molar-refractivity contribution is -0.385. The van der Waals surface area contributed by atoms with Crippen LogP contribution < -0.4 is 11.1 Å². The maximum atomic E-state index is 11.9. The first-order valence-electron chi connectivity index (χ1n) is 5.36. The summed E-state index contributed by atoms with van der Waals surface area (Å²) in [5.41, 5.74) is 4.99. The Balaban J connectivity index is 2.22. The van der Waals surface area contributed by atoms with Crippen molar-refractivity contribution >= 4 is 17.4 Å². The molecular weight excluding hydrogens is 240 g/mol. The summed E-state index contributed by atoms with van der Waals surface area (Å²) in [5.74, 6) is -0.472. The van der Waals surface area contributed by atoms with E-state index in [1.165, 1.54) is 6.07 Å². The molecule has 0 bridgehead atoms. The zero-order chi connectivity index (χ0) is 13.1. The first kappa shape index (κ1) is 12.2. The summed E-state index contributed by atoms with van der Waals surface area (Å²) in [5, 5.41) is 13.5. The summed E-state index contributed by atoms with van der Waals surface area (Å²) >= 11 is 0. The molecule has 0 saturated carbocycles. The van der Waals surface area contributed by atoms with Crippen molar-refractivity contribution in [3.8, 4) is 0 Å². The minimum absolute atomic E-state index is 0.0634. The Kier molecular flexibility index (Phi) is 3.38. The van der Waals surface area contributed by atoms with E-state index in [9.17, 15) is 14.9 Å². The van der Waals surface area contributed by atoms with Crippen molar-refractivity contribution in [1.29, 1.82) is 0 Å². The molecule has 1 fully saturated rings. The van der Waals surface area contributed by atoms with Gasteiger partial charge in [0.1, 0.15) is 17.6 Å². The van der Waals surface area contributed by atoms with Gasteiger partial charge in [0.15, 0.2) is 0 Å². The van der Waals surface area contributed by atoms with Gasteiger partial charge in [-0.05, 0) is 12.5 Å². The van der Waals surface area contributed by atoms with E-state index in [0.29, 0.717) is 19.6 Å². The second-order valence-corrected chi connectivity index (χ2v) is 3.92. The molecule has 0 aromatic carbocycles. The third-order valence-electron chi connectivity index (χ3n) is 2.61. The maximum absolute atomic E-state index is 11.9. The van der Waals surface area contributed by atoms with Crippen molar-refractivity contribution in [2.24, 2.45) is 0 Å². The molecule has 96 valence electrons. The molecule has 2 rings (SSSR count). The zero-order valence-corrected chi connectivity index (χ0v) is 9.46. The number of aromatic nitrogens is 1. The third kappa shape index (κ3) is 2.54. The summed E-state index contributed by atoms with van der Waals surface area (Å²) in [6.45, 7) is 0.992. The first-order chi connectivity index (χ1) is 8.58. The lowest BCUT2D eigenvalue weighted by Crippen LogP contribution is -2.35. The number of carbonyl (C=O) groups is 1. The number of nitrogen functional groups attached to an aromatic ring is 1. The van der Waals surface area contributed by atoms with Crippen LogP contribution in [0, 0.1) is 10.1 Å². The summed E-state index contributed by atoms with van der Waals surface area (Å²) in [6, 6.07) is 1.08. The van der Waals surface area contributed by atoms with E-state index < -0.39 is 10.8 Å². The number of nitro groups is 1. The van der Waals surface area contributed by atoms with Gasteiger partial charge in [0.2, 0.25) is 0 Å². The van der Waals surface area contributed by atoms with Gasteiger partial charge in [-0.25, -0.2) is 4.98 Å². The van der Waals surface area contributed by atoms with Gasteiger partial charge in [-0.15, -0.1) is 0 Å². The molecule has 0 radical (unpaired) electrons. The van der Waals surface area contributed by atoms with Crippen molar-refractivity contribution < 1.29 is 14.5 Å². The highest BCUT2D eigenvalue weighted by atomic mass is 16.6. The largest absolute Gasteiger partial charge is 0.384 e. The Morgan fingerprint density at radius 1 is 1.67 bits per heavy atom. The molecule has 1 aliphatic rings. The zero-order valence-electron chi connectivity index (χ0n) is 9.46. The number of nitrogens with zero attached hydrogens (tertiary/aromatic N) is 2. The van der Waals surface area contributed by atoms with Gasteiger partial charge >= 0.3 is 0 Å². The van der Waals surface area contributed by atoms with Crippen LogP contribution in [0.15, 0.2) is 12.3 Å². The number of ether oxygens (including phenoxy) is 1. The highest BCUT2D eigenvalue weighted by Crippen LogP contribution is 2.19. The molecule has 1 saturated heterocycles. The van der Waals surface area contributed by atoms with Gasteiger partial charge in [0, 0.05) is 6.61 Å². The number of hydrogen-bond donors (Lipinski definition) is 2.